The van der Waals surface area contributed by atoms with Crippen molar-refractivity contribution in [3.05, 3.63) is 35.9 Å². The smallest absolute Gasteiger partial charge is 0.317 e. The molecule has 1 aromatic carbocycles. The molecular weight excluding hydrogens is 243 g/mol. The van der Waals surface area contributed by atoms with Crippen molar-refractivity contribution in [1.82, 2.24) is 4.98 Å². The standard InChI is InChI=1S/C12H11BN4O2/c13-7-3-1-6(2-4-7)9-5-8(10(14)18)11(16-9)17-12(15)19/h1-5,16H,(H2,14,18)(H3,15,17,19). The van der Waals surface area contributed by atoms with Crippen molar-refractivity contribution in [1.29, 1.82) is 0 Å². The molecule has 2 rings (SSSR count). The molecule has 0 saturated carbocycles. The van der Waals surface area contributed by atoms with Crippen LogP contribution >= 0.6 is 0 Å². The highest BCUT2D eigenvalue weighted by Crippen LogP contribution is 2.24. The van der Waals surface area contributed by atoms with Gasteiger partial charge >= 0.3 is 6.03 Å². The summed E-state index contributed by atoms with van der Waals surface area (Å²) in [4.78, 5) is 25.0. The summed E-state index contributed by atoms with van der Waals surface area (Å²) in [7, 11) is 5.60. The molecule has 3 amide bonds. The maximum absolute atomic E-state index is 11.3. The lowest BCUT2D eigenvalue weighted by molar-refractivity contribution is 0.100. The predicted octanol–water partition coefficient (Wildman–Crippen LogP) is 0.0650. The van der Waals surface area contributed by atoms with E-state index in [9.17, 15) is 9.59 Å². The number of rotatable bonds is 3. The van der Waals surface area contributed by atoms with Gasteiger partial charge in [0.25, 0.3) is 5.91 Å². The second-order valence-electron chi connectivity index (χ2n) is 3.95. The third-order valence-corrected chi connectivity index (χ3v) is 2.55. The lowest BCUT2D eigenvalue weighted by Crippen LogP contribution is -2.22. The van der Waals surface area contributed by atoms with Gasteiger partial charge in [-0.05, 0) is 11.6 Å². The van der Waals surface area contributed by atoms with E-state index in [0.29, 0.717) is 11.2 Å². The molecule has 7 heteroatoms. The van der Waals surface area contributed by atoms with Gasteiger partial charge in [-0.2, -0.15) is 0 Å². The molecule has 2 radical (unpaired) electrons. The van der Waals surface area contributed by atoms with Gasteiger partial charge in [-0.25, -0.2) is 4.79 Å². The zero-order valence-electron chi connectivity index (χ0n) is 9.94. The van der Waals surface area contributed by atoms with E-state index in [1.54, 1.807) is 30.3 Å². The third kappa shape index (κ3) is 2.76. The molecule has 0 spiro atoms. The first kappa shape index (κ1) is 12.8. The minimum atomic E-state index is -0.784. The van der Waals surface area contributed by atoms with Gasteiger partial charge in [0.1, 0.15) is 13.7 Å². The number of nitrogens with one attached hydrogen (secondary N) is 2. The first-order valence-electron chi connectivity index (χ1n) is 5.42. The van der Waals surface area contributed by atoms with Crippen molar-refractivity contribution < 1.29 is 9.59 Å². The molecule has 0 aliphatic heterocycles. The zero-order valence-corrected chi connectivity index (χ0v) is 9.94. The third-order valence-electron chi connectivity index (χ3n) is 2.55. The highest BCUT2D eigenvalue weighted by molar-refractivity contribution is 6.32. The maximum Gasteiger partial charge on any atom is 0.317 e. The fourth-order valence-corrected chi connectivity index (χ4v) is 1.69. The summed E-state index contributed by atoms with van der Waals surface area (Å²) in [5.74, 6) is -0.492. The van der Waals surface area contributed by atoms with Crippen LogP contribution in [-0.2, 0) is 0 Å². The molecule has 94 valence electrons. The Bertz CT molecular complexity index is 634. The van der Waals surface area contributed by atoms with Crippen LogP contribution in [0.2, 0.25) is 0 Å². The number of aromatic nitrogens is 1. The van der Waals surface area contributed by atoms with Crippen LogP contribution in [0.25, 0.3) is 11.3 Å². The van der Waals surface area contributed by atoms with Crippen molar-refractivity contribution >= 4 is 31.1 Å². The molecule has 6 N–H and O–H groups in total. The number of H-pyrrole nitrogens is 1. The van der Waals surface area contributed by atoms with Crippen molar-refractivity contribution in [2.75, 3.05) is 5.32 Å². The molecule has 0 bridgehead atoms. The van der Waals surface area contributed by atoms with Crippen molar-refractivity contribution in [3.63, 3.8) is 0 Å². The lowest BCUT2D eigenvalue weighted by atomic mass is 9.95. The van der Waals surface area contributed by atoms with E-state index in [-0.39, 0.29) is 11.4 Å². The van der Waals surface area contributed by atoms with E-state index in [0.717, 1.165) is 5.56 Å². The van der Waals surface area contributed by atoms with E-state index in [1.807, 2.05) is 0 Å². The topological polar surface area (TPSA) is 114 Å². The predicted molar refractivity (Wildman–Crippen MR) is 73.3 cm³/mol. The first-order chi connectivity index (χ1) is 8.97. The van der Waals surface area contributed by atoms with Gasteiger partial charge < -0.3 is 16.5 Å². The average Bonchev–Trinajstić information content (AvgIpc) is 2.73. The number of benzene rings is 1. The Morgan fingerprint density at radius 3 is 2.32 bits per heavy atom. The van der Waals surface area contributed by atoms with E-state index in [1.165, 1.54) is 0 Å². The fraction of sp³-hybridized carbons (Fsp3) is 0. The number of carbonyl (C=O) groups excluding carboxylic acids is 2. The van der Waals surface area contributed by atoms with Crippen LogP contribution < -0.4 is 22.2 Å². The molecule has 0 aliphatic rings. The highest BCUT2D eigenvalue weighted by atomic mass is 16.2. The Morgan fingerprint density at radius 1 is 1.16 bits per heavy atom. The van der Waals surface area contributed by atoms with Gasteiger partial charge in [0.15, 0.2) is 0 Å². The van der Waals surface area contributed by atoms with Crippen molar-refractivity contribution in [2.24, 2.45) is 11.5 Å². The Morgan fingerprint density at radius 2 is 1.79 bits per heavy atom. The van der Waals surface area contributed by atoms with Crippen LogP contribution in [0.15, 0.2) is 30.3 Å². The Hall–Kier alpha value is -2.70. The molecule has 1 aromatic heterocycles. The minimum Gasteiger partial charge on any atom is -0.365 e. The number of anilines is 1. The van der Waals surface area contributed by atoms with E-state index in [4.69, 9.17) is 19.3 Å². The SMILES string of the molecule is [B]c1ccc(-c2cc(C(N)=O)c(NC(N)=O)[nH]2)cc1. The molecule has 1 heterocycles. The molecule has 0 fully saturated rings. The normalized spacial score (nSPS) is 10.1. The van der Waals surface area contributed by atoms with E-state index < -0.39 is 11.9 Å². The summed E-state index contributed by atoms with van der Waals surface area (Å²) in [5, 5.41) is 2.31. The number of nitrogens with two attached hydrogens (primary N) is 2. The number of carbonyl (C=O) groups is 2. The van der Waals surface area contributed by atoms with Crippen molar-refractivity contribution in [3.8, 4) is 11.3 Å². The quantitative estimate of drug-likeness (QED) is 0.580. The Balaban J connectivity index is 2.45. The average molecular weight is 254 g/mol. The number of hydrogen-bond donors (Lipinski definition) is 4. The first-order valence-corrected chi connectivity index (χ1v) is 5.42. The summed E-state index contributed by atoms with van der Waals surface area (Å²) in [5.41, 5.74) is 12.5. The van der Waals surface area contributed by atoms with Crippen LogP contribution in [0.3, 0.4) is 0 Å². The molecule has 0 unspecified atom stereocenters. The Kier molecular flexibility index (Phi) is 3.28. The number of urea groups is 1. The number of hydrogen-bond acceptors (Lipinski definition) is 2. The molecule has 19 heavy (non-hydrogen) atoms. The summed E-state index contributed by atoms with van der Waals surface area (Å²) in [6.07, 6.45) is 0. The Labute approximate surface area is 110 Å². The van der Waals surface area contributed by atoms with Gasteiger partial charge in [-0.1, -0.05) is 29.7 Å². The molecule has 0 aliphatic carbocycles. The van der Waals surface area contributed by atoms with E-state index >= 15 is 0 Å². The summed E-state index contributed by atoms with van der Waals surface area (Å²) in [6.45, 7) is 0. The van der Waals surface area contributed by atoms with E-state index in [2.05, 4.69) is 10.3 Å². The number of amides is 3. The fourth-order valence-electron chi connectivity index (χ4n) is 1.69. The van der Waals surface area contributed by atoms with Gasteiger partial charge in [-0.15, -0.1) is 0 Å². The monoisotopic (exact) mass is 254 g/mol. The molecular formula is C12H11BN4O2. The second kappa shape index (κ2) is 4.89. The van der Waals surface area contributed by atoms with Crippen LogP contribution in [0, 0.1) is 0 Å². The van der Waals surface area contributed by atoms with Gasteiger partial charge in [0, 0.05) is 5.69 Å². The van der Waals surface area contributed by atoms with Crippen LogP contribution in [-0.4, -0.2) is 24.8 Å². The van der Waals surface area contributed by atoms with Crippen LogP contribution in [0.4, 0.5) is 10.6 Å². The largest absolute Gasteiger partial charge is 0.365 e. The maximum atomic E-state index is 11.3. The zero-order chi connectivity index (χ0) is 14.0. The number of aromatic amines is 1. The highest BCUT2D eigenvalue weighted by Gasteiger charge is 2.14. The molecule has 0 saturated heterocycles. The molecule has 6 nitrogen and oxygen atoms in total. The lowest BCUT2D eigenvalue weighted by Gasteiger charge is -2.01. The molecule has 0 atom stereocenters. The van der Waals surface area contributed by atoms with Crippen molar-refractivity contribution in [2.45, 2.75) is 0 Å². The van der Waals surface area contributed by atoms with Gasteiger partial charge in [0.05, 0.1) is 5.56 Å². The summed E-state index contributed by atoms with van der Waals surface area (Å²) >= 11 is 0. The van der Waals surface area contributed by atoms with Crippen LogP contribution in [0.5, 0.6) is 0 Å². The minimum absolute atomic E-state index is 0.158. The second-order valence-corrected chi connectivity index (χ2v) is 3.95. The van der Waals surface area contributed by atoms with Crippen LogP contribution in [0.1, 0.15) is 10.4 Å². The molecule has 2 aromatic rings. The summed E-state index contributed by atoms with van der Waals surface area (Å²) in [6, 6.07) is 7.76. The summed E-state index contributed by atoms with van der Waals surface area (Å²) < 4.78 is 0. The number of primary amides is 2. The van der Waals surface area contributed by atoms with Gasteiger partial charge in [-0.3, -0.25) is 10.1 Å². The van der Waals surface area contributed by atoms with Gasteiger partial charge in [0.2, 0.25) is 0 Å².